The van der Waals surface area contributed by atoms with Crippen molar-refractivity contribution in [2.45, 2.75) is 43.7 Å². The molecule has 0 radical (unpaired) electrons. The SMILES string of the molecule is O=C(NC1(C(=O)N[C@H](C(=O)O)c2ccccc2)CCCCC1)c1ccc[nH]1. The van der Waals surface area contributed by atoms with Gasteiger partial charge >= 0.3 is 5.97 Å². The van der Waals surface area contributed by atoms with Crippen molar-refractivity contribution in [1.82, 2.24) is 15.6 Å². The Morgan fingerprint density at radius 2 is 1.70 bits per heavy atom. The number of hydrogen-bond donors (Lipinski definition) is 4. The summed E-state index contributed by atoms with van der Waals surface area (Å²) in [5, 5.41) is 15.1. The van der Waals surface area contributed by atoms with Crippen molar-refractivity contribution in [3.8, 4) is 0 Å². The van der Waals surface area contributed by atoms with E-state index in [0.29, 0.717) is 24.1 Å². The van der Waals surface area contributed by atoms with E-state index in [2.05, 4.69) is 15.6 Å². The van der Waals surface area contributed by atoms with Crippen LogP contribution in [0, 0.1) is 0 Å². The number of nitrogens with one attached hydrogen (secondary N) is 3. The van der Waals surface area contributed by atoms with Crippen LogP contribution in [0.2, 0.25) is 0 Å². The fourth-order valence-electron chi connectivity index (χ4n) is 3.52. The van der Waals surface area contributed by atoms with Crippen LogP contribution in [-0.2, 0) is 9.59 Å². The van der Waals surface area contributed by atoms with E-state index in [1.807, 2.05) is 0 Å². The Labute approximate surface area is 157 Å². The van der Waals surface area contributed by atoms with Crippen LogP contribution < -0.4 is 10.6 Å². The van der Waals surface area contributed by atoms with Gasteiger partial charge in [-0.1, -0.05) is 49.6 Å². The smallest absolute Gasteiger partial charge is 0.330 e. The summed E-state index contributed by atoms with van der Waals surface area (Å²) in [4.78, 5) is 40.2. The summed E-state index contributed by atoms with van der Waals surface area (Å²) >= 11 is 0. The molecule has 1 heterocycles. The molecule has 4 N–H and O–H groups in total. The van der Waals surface area contributed by atoms with Gasteiger partial charge in [0.15, 0.2) is 6.04 Å². The molecule has 0 unspecified atom stereocenters. The molecule has 1 aromatic heterocycles. The zero-order valence-corrected chi connectivity index (χ0v) is 14.9. The van der Waals surface area contributed by atoms with Crippen LogP contribution in [0.25, 0.3) is 0 Å². The van der Waals surface area contributed by atoms with Crippen LogP contribution in [0.3, 0.4) is 0 Å². The zero-order valence-electron chi connectivity index (χ0n) is 14.9. The topological polar surface area (TPSA) is 111 Å². The Morgan fingerprint density at radius 3 is 2.30 bits per heavy atom. The van der Waals surface area contributed by atoms with Crippen LogP contribution in [0.4, 0.5) is 0 Å². The predicted molar refractivity (Wildman–Crippen MR) is 99.0 cm³/mol. The molecular weight excluding hydrogens is 346 g/mol. The van der Waals surface area contributed by atoms with Gasteiger partial charge in [-0.2, -0.15) is 0 Å². The molecule has 1 saturated carbocycles. The number of hydrogen-bond acceptors (Lipinski definition) is 3. The second-order valence-corrected chi connectivity index (χ2v) is 6.84. The highest BCUT2D eigenvalue weighted by atomic mass is 16.4. The molecule has 0 bridgehead atoms. The number of amides is 2. The lowest BCUT2D eigenvalue weighted by Crippen LogP contribution is -2.60. The van der Waals surface area contributed by atoms with Crippen molar-refractivity contribution in [2.75, 3.05) is 0 Å². The maximum Gasteiger partial charge on any atom is 0.330 e. The first kappa shape index (κ1) is 18.7. The molecule has 2 amide bonds. The Balaban J connectivity index is 1.82. The average molecular weight is 369 g/mol. The molecule has 3 rings (SSSR count). The van der Waals surface area contributed by atoms with Gasteiger partial charge in [-0.15, -0.1) is 0 Å². The molecule has 7 heteroatoms. The zero-order chi connectivity index (χ0) is 19.3. The van der Waals surface area contributed by atoms with Gasteiger partial charge in [-0.25, -0.2) is 4.79 Å². The second kappa shape index (κ2) is 8.07. The average Bonchev–Trinajstić information content (AvgIpc) is 3.22. The predicted octanol–water partition coefficient (Wildman–Crippen LogP) is 2.39. The molecule has 1 fully saturated rings. The molecule has 142 valence electrons. The van der Waals surface area contributed by atoms with Crippen LogP contribution in [0.5, 0.6) is 0 Å². The Morgan fingerprint density at radius 1 is 1.00 bits per heavy atom. The van der Waals surface area contributed by atoms with Gasteiger partial charge in [0.2, 0.25) is 5.91 Å². The first-order valence-electron chi connectivity index (χ1n) is 9.06. The van der Waals surface area contributed by atoms with Crippen LogP contribution in [0.15, 0.2) is 48.7 Å². The van der Waals surface area contributed by atoms with Gasteiger partial charge in [-0.3, -0.25) is 9.59 Å². The number of carboxylic acid groups (broad SMARTS) is 1. The van der Waals surface area contributed by atoms with Crippen LogP contribution >= 0.6 is 0 Å². The van der Waals surface area contributed by atoms with Gasteiger partial charge < -0.3 is 20.7 Å². The van der Waals surface area contributed by atoms with Crippen LogP contribution in [0.1, 0.15) is 54.2 Å². The van der Waals surface area contributed by atoms with Gasteiger partial charge in [0.1, 0.15) is 11.2 Å². The standard InChI is InChI=1S/C20H23N3O4/c24-17(15-10-7-13-21-15)23-20(11-5-2-6-12-20)19(27)22-16(18(25)26)14-8-3-1-4-9-14/h1,3-4,7-10,13,16,21H,2,5-6,11-12H2,(H,22,27)(H,23,24)(H,25,26)/t16-/m0/s1. The first-order chi connectivity index (χ1) is 13.0. The van der Waals surface area contributed by atoms with E-state index in [0.717, 1.165) is 19.3 Å². The molecule has 0 spiro atoms. The summed E-state index contributed by atoms with van der Waals surface area (Å²) < 4.78 is 0. The van der Waals surface area contributed by atoms with Gasteiger partial charge in [0, 0.05) is 6.20 Å². The molecule has 1 aliphatic rings. The fraction of sp³-hybridized carbons (Fsp3) is 0.350. The quantitative estimate of drug-likeness (QED) is 0.626. The second-order valence-electron chi connectivity index (χ2n) is 6.84. The number of benzene rings is 1. The Hall–Kier alpha value is -3.09. The van der Waals surface area contributed by atoms with E-state index in [-0.39, 0.29) is 5.91 Å². The summed E-state index contributed by atoms with van der Waals surface area (Å²) in [6.45, 7) is 0. The molecule has 1 atom stereocenters. The van der Waals surface area contributed by atoms with Crippen molar-refractivity contribution in [1.29, 1.82) is 0 Å². The minimum Gasteiger partial charge on any atom is -0.479 e. The summed E-state index contributed by atoms with van der Waals surface area (Å²) in [5.41, 5.74) is -0.256. The number of aromatic nitrogens is 1. The number of carboxylic acids is 1. The summed E-state index contributed by atoms with van der Waals surface area (Å²) in [6.07, 6.45) is 5.16. The summed E-state index contributed by atoms with van der Waals surface area (Å²) in [6, 6.07) is 10.7. The largest absolute Gasteiger partial charge is 0.479 e. The molecule has 1 aromatic carbocycles. The number of H-pyrrole nitrogens is 1. The van der Waals surface area contributed by atoms with Crippen LogP contribution in [-0.4, -0.2) is 33.4 Å². The van der Waals surface area contributed by atoms with E-state index >= 15 is 0 Å². The van der Waals surface area contributed by atoms with Gasteiger partial charge in [-0.05, 0) is 30.5 Å². The third kappa shape index (κ3) is 4.19. The summed E-state index contributed by atoms with van der Waals surface area (Å²) in [7, 11) is 0. The lowest BCUT2D eigenvalue weighted by molar-refractivity contribution is -0.143. The monoisotopic (exact) mass is 369 g/mol. The van der Waals surface area contributed by atoms with Crippen molar-refractivity contribution in [2.24, 2.45) is 0 Å². The Bertz CT molecular complexity index is 796. The fourth-order valence-corrected chi connectivity index (χ4v) is 3.52. The lowest BCUT2D eigenvalue weighted by atomic mass is 9.80. The van der Waals surface area contributed by atoms with Crippen molar-refractivity contribution >= 4 is 17.8 Å². The van der Waals surface area contributed by atoms with Crippen molar-refractivity contribution < 1.29 is 19.5 Å². The molecule has 2 aromatic rings. The number of carbonyl (C=O) groups is 3. The minimum atomic E-state index is -1.17. The van der Waals surface area contributed by atoms with Crippen molar-refractivity contribution in [3.63, 3.8) is 0 Å². The van der Waals surface area contributed by atoms with E-state index in [4.69, 9.17) is 0 Å². The normalized spacial score (nSPS) is 16.9. The third-order valence-corrected chi connectivity index (χ3v) is 4.99. The van der Waals surface area contributed by atoms with E-state index in [1.54, 1.807) is 48.7 Å². The number of aromatic amines is 1. The molecular formula is C20H23N3O4. The maximum absolute atomic E-state index is 13.1. The number of rotatable bonds is 6. The molecule has 0 aliphatic heterocycles. The Kier molecular flexibility index (Phi) is 5.59. The van der Waals surface area contributed by atoms with Gasteiger partial charge in [0.25, 0.3) is 5.91 Å². The molecule has 7 nitrogen and oxygen atoms in total. The molecule has 0 saturated heterocycles. The molecule has 27 heavy (non-hydrogen) atoms. The van der Waals surface area contributed by atoms with Gasteiger partial charge in [0.05, 0.1) is 0 Å². The van der Waals surface area contributed by atoms with E-state index < -0.39 is 23.5 Å². The minimum absolute atomic E-state index is 0.366. The first-order valence-corrected chi connectivity index (χ1v) is 9.06. The highest BCUT2D eigenvalue weighted by Crippen LogP contribution is 2.30. The lowest BCUT2D eigenvalue weighted by Gasteiger charge is -2.37. The maximum atomic E-state index is 13.1. The third-order valence-electron chi connectivity index (χ3n) is 4.99. The number of carbonyl (C=O) groups excluding carboxylic acids is 2. The highest BCUT2D eigenvalue weighted by Gasteiger charge is 2.42. The summed E-state index contributed by atoms with van der Waals surface area (Å²) in [5.74, 6) is -1.97. The number of aliphatic carboxylic acids is 1. The highest BCUT2D eigenvalue weighted by molar-refractivity contribution is 5.99. The molecule has 1 aliphatic carbocycles. The van der Waals surface area contributed by atoms with E-state index in [9.17, 15) is 19.5 Å². The van der Waals surface area contributed by atoms with E-state index in [1.165, 1.54) is 0 Å². The van der Waals surface area contributed by atoms with Crippen molar-refractivity contribution in [3.05, 3.63) is 59.9 Å².